The summed E-state index contributed by atoms with van der Waals surface area (Å²) in [7, 11) is 0. The summed E-state index contributed by atoms with van der Waals surface area (Å²) in [5.41, 5.74) is 0.822. The second-order valence-electron chi connectivity index (χ2n) is 1.34. The van der Waals surface area contributed by atoms with E-state index in [1.54, 1.807) is 6.20 Å². The van der Waals surface area contributed by atoms with Crippen LogP contribution >= 0.6 is 0 Å². The summed E-state index contributed by atoms with van der Waals surface area (Å²) >= 11 is 0. The van der Waals surface area contributed by atoms with E-state index in [0.717, 1.165) is 5.69 Å². The zero-order chi connectivity index (χ0) is 5.28. The predicted molar refractivity (Wildman–Crippen MR) is 26.0 cm³/mol. The van der Waals surface area contributed by atoms with E-state index in [0.29, 0.717) is 0 Å². The fourth-order valence-electron chi connectivity index (χ4n) is 0.390. The van der Waals surface area contributed by atoms with Gasteiger partial charge in [0.25, 0.3) is 0 Å². The maximum Gasteiger partial charge on any atom is 0 e. The van der Waals surface area contributed by atoms with E-state index in [4.69, 9.17) is 5.84 Å². The van der Waals surface area contributed by atoms with Crippen LogP contribution < -0.4 is 5.84 Å². The quantitative estimate of drug-likeness (QED) is 0.404. The topological polar surface area (TPSA) is 43.8 Å². The third kappa shape index (κ3) is 1.60. The largest absolute Gasteiger partial charge is 0.427 e. The Hall–Kier alpha value is -0.406. The first-order valence-electron chi connectivity index (χ1n) is 1.98. The molecule has 8 heavy (non-hydrogen) atoms. The molecule has 0 aliphatic heterocycles. The van der Waals surface area contributed by atoms with Crippen molar-refractivity contribution < 1.29 is 18.6 Å². The van der Waals surface area contributed by atoms with Gasteiger partial charge < -0.3 is 11.9 Å². The molecule has 0 unspecified atom stereocenters. The van der Waals surface area contributed by atoms with Gasteiger partial charge >= 0.3 is 0 Å². The molecule has 0 aliphatic carbocycles. The van der Waals surface area contributed by atoms with Crippen molar-refractivity contribution in [1.29, 1.82) is 0 Å². The Morgan fingerprint density at radius 3 is 2.62 bits per heavy atom. The molecule has 0 atom stereocenters. The van der Waals surface area contributed by atoms with Crippen LogP contribution in [0.1, 0.15) is 5.69 Å². The van der Waals surface area contributed by atoms with Crippen molar-refractivity contribution in [2.75, 3.05) is 5.84 Å². The molecule has 0 amide bonds. The van der Waals surface area contributed by atoms with Gasteiger partial charge in [-0.3, -0.25) is 0 Å². The van der Waals surface area contributed by atoms with E-state index < -0.39 is 0 Å². The summed E-state index contributed by atoms with van der Waals surface area (Å²) in [5, 5.41) is 3.75. The minimum Gasteiger partial charge on any atom is -0.427 e. The molecule has 3 nitrogen and oxygen atoms in total. The number of aryl methyl sites for hydroxylation is 1. The average molecular weight is 147 g/mol. The molecule has 1 radical (unpaired) electrons. The fourth-order valence-corrected chi connectivity index (χ4v) is 0.390. The van der Waals surface area contributed by atoms with Crippen LogP contribution in [0.5, 0.6) is 0 Å². The molecule has 0 aliphatic rings. The maximum absolute atomic E-state index is 5.15. The minimum absolute atomic E-state index is 0. The number of rotatable bonds is 0. The van der Waals surface area contributed by atoms with Gasteiger partial charge in [-0.15, -0.1) is 11.9 Å². The van der Waals surface area contributed by atoms with Crippen molar-refractivity contribution in [3.05, 3.63) is 18.0 Å². The van der Waals surface area contributed by atoms with Crippen LogP contribution in [0.4, 0.5) is 0 Å². The zero-order valence-electron chi connectivity index (χ0n) is 4.50. The molecule has 0 bridgehead atoms. The zero-order valence-corrected chi connectivity index (χ0v) is 5.89. The fraction of sp³-hybridized carbons (Fsp3) is 0.250. The molecule has 0 aromatic carbocycles. The van der Waals surface area contributed by atoms with Crippen molar-refractivity contribution in [2.24, 2.45) is 0 Å². The van der Waals surface area contributed by atoms with Crippen LogP contribution in [0.3, 0.4) is 0 Å². The van der Waals surface area contributed by atoms with Crippen LogP contribution in [0.15, 0.2) is 6.20 Å². The van der Waals surface area contributed by atoms with Crippen molar-refractivity contribution >= 4 is 0 Å². The van der Waals surface area contributed by atoms with Crippen LogP contribution in [-0.4, -0.2) is 9.89 Å². The van der Waals surface area contributed by atoms with E-state index in [-0.39, 0.29) is 18.6 Å². The molecule has 1 aromatic heterocycles. The van der Waals surface area contributed by atoms with Gasteiger partial charge in [0.2, 0.25) is 0 Å². The Morgan fingerprint density at radius 2 is 2.50 bits per heavy atom. The maximum atomic E-state index is 5.15. The van der Waals surface area contributed by atoms with E-state index in [9.17, 15) is 0 Å². The molecule has 43 valence electrons. The summed E-state index contributed by atoms with van der Waals surface area (Å²) in [5.74, 6) is 5.15. The van der Waals surface area contributed by atoms with Crippen LogP contribution in [0.2, 0.25) is 0 Å². The third-order valence-corrected chi connectivity index (χ3v) is 0.671. The SMILES string of the molecule is Cc1[c-]cn(N)n1.[V]. The first-order chi connectivity index (χ1) is 3.29. The van der Waals surface area contributed by atoms with Gasteiger partial charge in [0, 0.05) is 18.6 Å². The summed E-state index contributed by atoms with van der Waals surface area (Å²) in [6.45, 7) is 1.84. The van der Waals surface area contributed by atoms with E-state index in [1.165, 1.54) is 4.79 Å². The van der Waals surface area contributed by atoms with Gasteiger partial charge in [0.05, 0.1) is 0 Å². The molecule has 0 fully saturated rings. The Labute approximate surface area is 59.7 Å². The molecule has 4 heteroatoms. The summed E-state index contributed by atoms with van der Waals surface area (Å²) in [6, 6.07) is 2.80. The summed E-state index contributed by atoms with van der Waals surface area (Å²) in [6.07, 6.45) is 1.58. The molecule has 0 saturated heterocycles. The molecule has 0 saturated carbocycles. The molecule has 1 aromatic rings. The summed E-state index contributed by atoms with van der Waals surface area (Å²) < 4.78 is 0. The Bertz CT molecular complexity index is 144. The smallest absolute Gasteiger partial charge is 0 e. The number of aromatic nitrogens is 2. The van der Waals surface area contributed by atoms with E-state index in [2.05, 4.69) is 11.2 Å². The normalized spacial score (nSPS) is 8.12. The predicted octanol–water partition coefficient (Wildman–Crippen LogP) is -0.297. The van der Waals surface area contributed by atoms with Crippen molar-refractivity contribution in [3.8, 4) is 0 Å². The van der Waals surface area contributed by atoms with Gasteiger partial charge in [-0.05, 0) is 0 Å². The monoisotopic (exact) mass is 147 g/mol. The third-order valence-electron chi connectivity index (χ3n) is 0.671. The Kier molecular flexibility index (Phi) is 2.65. The van der Waals surface area contributed by atoms with Crippen molar-refractivity contribution in [2.45, 2.75) is 6.92 Å². The molecule has 0 spiro atoms. The van der Waals surface area contributed by atoms with Crippen LogP contribution in [-0.2, 0) is 18.6 Å². The molecule has 1 heterocycles. The molecule has 2 N–H and O–H groups in total. The Balaban J connectivity index is 0.000000490. The number of hydrogen-bond acceptors (Lipinski definition) is 2. The van der Waals surface area contributed by atoms with Crippen molar-refractivity contribution in [1.82, 2.24) is 9.89 Å². The van der Waals surface area contributed by atoms with Crippen LogP contribution in [0, 0.1) is 13.0 Å². The second kappa shape index (κ2) is 2.79. The van der Waals surface area contributed by atoms with Gasteiger partial charge in [0.15, 0.2) is 0 Å². The number of nitrogens with zero attached hydrogens (tertiary/aromatic N) is 2. The van der Waals surface area contributed by atoms with Gasteiger partial charge in [-0.25, -0.2) is 4.79 Å². The first kappa shape index (κ1) is 7.59. The second-order valence-corrected chi connectivity index (χ2v) is 1.34. The number of nitrogens with two attached hydrogens (primary N) is 1. The van der Waals surface area contributed by atoms with Gasteiger partial charge in [0.1, 0.15) is 0 Å². The summed E-state index contributed by atoms with van der Waals surface area (Å²) in [4.78, 5) is 1.23. The average Bonchev–Trinajstić information content (AvgIpc) is 1.87. The molecular weight excluding hydrogens is 141 g/mol. The first-order valence-corrected chi connectivity index (χ1v) is 1.98. The molecular formula is C4H6N3V-. The van der Waals surface area contributed by atoms with E-state index in [1.807, 2.05) is 6.92 Å². The standard InChI is InChI=1S/C4H6N3.V/c1-4-2-3-7(5)6-4;/h3H,5H2,1H3;/q-1;. The number of hydrogen-bond donors (Lipinski definition) is 1. The van der Waals surface area contributed by atoms with Crippen molar-refractivity contribution in [3.63, 3.8) is 0 Å². The van der Waals surface area contributed by atoms with Gasteiger partial charge in [-0.1, -0.05) is 6.92 Å². The molecule has 1 rings (SSSR count). The van der Waals surface area contributed by atoms with Gasteiger partial charge in [-0.2, -0.15) is 5.10 Å². The van der Waals surface area contributed by atoms with Crippen LogP contribution in [0.25, 0.3) is 0 Å². The minimum atomic E-state index is 0. The van der Waals surface area contributed by atoms with E-state index >= 15 is 0 Å². The Morgan fingerprint density at radius 1 is 1.88 bits per heavy atom. The number of nitrogen functional groups attached to an aromatic ring is 1.